The summed E-state index contributed by atoms with van der Waals surface area (Å²) in [5, 5.41) is 19.7. The van der Waals surface area contributed by atoms with Gasteiger partial charge in [-0.2, -0.15) is 0 Å². The summed E-state index contributed by atoms with van der Waals surface area (Å²) in [4.78, 5) is 62.3. The molecule has 0 radical (unpaired) electrons. The van der Waals surface area contributed by atoms with Crippen molar-refractivity contribution in [1.82, 2.24) is 25.9 Å². The van der Waals surface area contributed by atoms with E-state index in [-0.39, 0.29) is 31.8 Å². The number of rotatable bonds is 15. The van der Waals surface area contributed by atoms with Crippen LogP contribution in [0.25, 0.3) is 21.8 Å². The minimum atomic E-state index is -1.28. The number of aliphatic imine (C=N–C) groups is 1. The molecule has 12 N–H and O–H groups in total. The zero-order valence-corrected chi connectivity index (χ0v) is 24.9. The van der Waals surface area contributed by atoms with Crippen LogP contribution in [-0.4, -0.2) is 75.4 Å². The van der Waals surface area contributed by atoms with Crippen LogP contribution in [0.5, 0.6) is 0 Å². The Bertz CT molecular complexity index is 1690. The van der Waals surface area contributed by atoms with Gasteiger partial charge in [0, 0.05) is 53.6 Å². The number of nitrogens with two attached hydrogens (primary N) is 3. The zero-order chi connectivity index (χ0) is 32.5. The quantitative estimate of drug-likeness (QED) is 0.0511. The minimum Gasteiger partial charge on any atom is -0.480 e. The molecule has 0 saturated heterocycles. The number of carbonyl (C=O) groups excluding carboxylic acids is 3. The molecule has 4 rings (SSSR count). The summed E-state index contributed by atoms with van der Waals surface area (Å²) in [6.07, 6.45) is 3.97. The Kier molecular flexibility index (Phi) is 10.8. The standard InChI is InChI=1S/C31H39N9O5/c1-17(32)27(41)39-25(13-18-15-36-22-9-4-2-7-20(18)22)29(43)38-24(11-6-12-35-31(33)34)28(42)40-26(30(44)45)14-19-16-37-23-10-5-3-8-21(19)23/h2-5,7-10,15-17,24-26,36-37H,6,11-14,32H2,1H3,(H,38,43)(H,39,41)(H,40,42)(H,44,45)(H4,33,34,35). The van der Waals surface area contributed by atoms with Gasteiger partial charge in [0.15, 0.2) is 5.96 Å². The third-order valence-corrected chi connectivity index (χ3v) is 7.44. The van der Waals surface area contributed by atoms with Crippen LogP contribution in [0.3, 0.4) is 0 Å². The molecule has 45 heavy (non-hydrogen) atoms. The van der Waals surface area contributed by atoms with Crippen molar-refractivity contribution in [3.05, 3.63) is 72.1 Å². The molecule has 2 aromatic carbocycles. The maximum absolute atomic E-state index is 13.7. The molecule has 238 valence electrons. The monoisotopic (exact) mass is 617 g/mol. The van der Waals surface area contributed by atoms with E-state index >= 15 is 0 Å². The van der Waals surface area contributed by atoms with Gasteiger partial charge in [-0.15, -0.1) is 0 Å². The van der Waals surface area contributed by atoms with Gasteiger partial charge in [-0.3, -0.25) is 19.4 Å². The normalized spacial score (nSPS) is 13.8. The van der Waals surface area contributed by atoms with Crippen LogP contribution in [0.15, 0.2) is 65.9 Å². The average Bonchev–Trinajstić information content (AvgIpc) is 3.61. The lowest BCUT2D eigenvalue weighted by Crippen LogP contribution is -2.57. The number of fused-ring (bicyclic) bond motifs is 2. The van der Waals surface area contributed by atoms with Crippen molar-refractivity contribution >= 4 is 51.5 Å². The lowest BCUT2D eigenvalue weighted by molar-refractivity contribution is -0.142. The summed E-state index contributed by atoms with van der Waals surface area (Å²) >= 11 is 0. The second kappa shape index (κ2) is 14.9. The lowest BCUT2D eigenvalue weighted by Gasteiger charge is -2.25. The van der Waals surface area contributed by atoms with Crippen molar-refractivity contribution in [2.24, 2.45) is 22.2 Å². The topological polar surface area (TPSA) is 247 Å². The second-order valence-corrected chi connectivity index (χ2v) is 10.9. The highest BCUT2D eigenvalue weighted by atomic mass is 16.4. The summed E-state index contributed by atoms with van der Waals surface area (Å²) < 4.78 is 0. The number of nitrogens with one attached hydrogen (secondary N) is 5. The summed E-state index contributed by atoms with van der Waals surface area (Å²) in [7, 11) is 0. The Balaban J connectivity index is 1.55. The van der Waals surface area contributed by atoms with Gasteiger partial charge < -0.3 is 48.2 Å². The number of nitrogens with zero attached hydrogens (tertiary/aromatic N) is 1. The van der Waals surface area contributed by atoms with Crippen LogP contribution < -0.4 is 33.2 Å². The Hall–Kier alpha value is -5.37. The number of aromatic nitrogens is 2. The molecule has 0 bridgehead atoms. The number of aliphatic carboxylic acids is 1. The molecule has 0 aliphatic heterocycles. The summed E-state index contributed by atoms with van der Waals surface area (Å²) in [5.41, 5.74) is 19.8. The molecular weight excluding hydrogens is 578 g/mol. The van der Waals surface area contributed by atoms with E-state index in [9.17, 15) is 24.3 Å². The third-order valence-electron chi connectivity index (χ3n) is 7.44. The number of H-pyrrole nitrogens is 2. The van der Waals surface area contributed by atoms with Gasteiger partial charge in [-0.05, 0) is 43.0 Å². The highest BCUT2D eigenvalue weighted by molar-refractivity contribution is 5.95. The Morgan fingerprint density at radius 2 is 1.27 bits per heavy atom. The van der Waals surface area contributed by atoms with Gasteiger partial charge in [-0.25, -0.2) is 4.79 Å². The first-order chi connectivity index (χ1) is 21.5. The zero-order valence-electron chi connectivity index (χ0n) is 24.9. The number of amides is 3. The van der Waals surface area contributed by atoms with E-state index in [0.717, 1.165) is 27.4 Å². The molecule has 2 aromatic heterocycles. The molecule has 4 aromatic rings. The molecule has 0 aliphatic rings. The van der Waals surface area contributed by atoms with Gasteiger partial charge in [0.2, 0.25) is 17.7 Å². The van der Waals surface area contributed by atoms with Crippen LogP contribution in [0.4, 0.5) is 0 Å². The first-order valence-corrected chi connectivity index (χ1v) is 14.6. The van der Waals surface area contributed by atoms with E-state index in [2.05, 4.69) is 30.9 Å². The molecule has 0 fully saturated rings. The fourth-order valence-electron chi connectivity index (χ4n) is 5.07. The number of hydrogen-bond acceptors (Lipinski definition) is 6. The van der Waals surface area contributed by atoms with Gasteiger partial charge in [-0.1, -0.05) is 36.4 Å². The van der Waals surface area contributed by atoms with E-state index in [1.54, 1.807) is 12.4 Å². The van der Waals surface area contributed by atoms with Crippen LogP contribution >= 0.6 is 0 Å². The van der Waals surface area contributed by atoms with E-state index in [0.29, 0.717) is 12.0 Å². The highest BCUT2D eigenvalue weighted by Crippen LogP contribution is 2.21. The lowest BCUT2D eigenvalue weighted by atomic mass is 10.0. The van der Waals surface area contributed by atoms with Crippen LogP contribution in [0, 0.1) is 0 Å². The summed E-state index contributed by atoms with van der Waals surface area (Å²) in [6, 6.07) is 10.5. The number of carboxylic acid groups (broad SMARTS) is 1. The summed E-state index contributed by atoms with van der Waals surface area (Å²) in [6.45, 7) is 1.68. The number of carbonyl (C=O) groups is 4. The van der Waals surface area contributed by atoms with E-state index in [1.165, 1.54) is 6.92 Å². The van der Waals surface area contributed by atoms with Crippen LogP contribution in [0.2, 0.25) is 0 Å². The first-order valence-electron chi connectivity index (χ1n) is 14.6. The van der Waals surface area contributed by atoms with Crippen molar-refractivity contribution in [3.8, 4) is 0 Å². The highest BCUT2D eigenvalue weighted by Gasteiger charge is 2.31. The van der Waals surface area contributed by atoms with Crippen molar-refractivity contribution in [1.29, 1.82) is 0 Å². The molecule has 14 heteroatoms. The molecule has 0 aliphatic carbocycles. The van der Waals surface area contributed by atoms with Crippen LogP contribution in [-0.2, 0) is 32.0 Å². The van der Waals surface area contributed by atoms with E-state index < -0.39 is 47.9 Å². The predicted molar refractivity (Wildman–Crippen MR) is 171 cm³/mol. The molecule has 4 unspecified atom stereocenters. The van der Waals surface area contributed by atoms with E-state index in [4.69, 9.17) is 17.2 Å². The molecule has 4 atom stereocenters. The summed E-state index contributed by atoms with van der Waals surface area (Å²) in [5.74, 6) is -3.25. The molecule has 14 nitrogen and oxygen atoms in total. The number of hydrogen-bond donors (Lipinski definition) is 9. The van der Waals surface area contributed by atoms with Crippen molar-refractivity contribution in [2.75, 3.05) is 6.54 Å². The fourth-order valence-corrected chi connectivity index (χ4v) is 5.07. The number of guanidine groups is 1. The Morgan fingerprint density at radius 1 is 0.778 bits per heavy atom. The number of para-hydroxylation sites is 2. The van der Waals surface area contributed by atoms with Gasteiger partial charge >= 0.3 is 5.97 Å². The van der Waals surface area contributed by atoms with Crippen molar-refractivity contribution < 1.29 is 24.3 Å². The number of benzene rings is 2. The van der Waals surface area contributed by atoms with E-state index in [1.807, 2.05) is 48.5 Å². The number of aromatic amines is 2. The minimum absolute atomic E-state index is 0.00733. The average molecular weight is 618 g/mol. The van der Waals surface area contributed by atoms with Gasteiger partial charge in [0.25, 0.3) is 0 Å². The number of carboxylic acids is 1. The van der Waals surface area contributed by atoms with Crippen LogP contribution in [0.1, 0.15) is 30.9 Å². The first kappa shape index (κ1) is 32.5. The molecule has 2 heterocycles. The molecule has 3 amide bonds. The van der Waals surface area contributed by atoms with Gasteiger partial charge in [0.05, 0.1) is 6.04 Å². The maximum atomic E-state index is 13.7. The largest absolute Gasteiger partial charge is 0.480 e. The molecule has 0 saturated carbocycles. The van der Waals surface area contributed by atoms with Crippen molar-refractivity contribution in [2.45, 2.75) is 56.8 Å². The van der Waals surface area contributed by atoms with Gasteiger partial charge in [0.1, 0.15) is 18.1 Å². The maximum Gasteiger partial charge on any atom is 0.326 e. The predicted octanol–water partition coefficient (Wildman–Crippen LogP) is 0.374. The SMILES string of the molecule is CC(N)C(=O)NC(Cc1c[nH]c2ccccc12)C(=O)NC(CCCN=C(N)N)C(=O)NC(Cc1c[nH]c2ccccc12)C(=O)O. The Labute approximate surface area is 259 Å². The smallest absolute Gasteiger partial charge is 0.326 e. The Morgan fingerprint density at radius 3 is 1.80 bits per heavy atom. The second-order valence-electron chi connectivity index (χ2n) is 10.9. The fraction of sp³-hybridized carbons (Fsp3) is 0.323. The molecule has 0 spiro atoms. The third kappa shape index (κ3) is 8.60. The van der Waals surface area contributed by atoms with Crippen molar-refractivity contribution in [3.63, 3.8) is 0 Å². The molecular formula is C31H39N9O5.